The summed E-state index contributed by atoms with van der Waals surface area (Å²) < 4.78 is 11.0. The molecule has 166 valence electrons. The van der Waals surface area contributed by atoms with E-state index in [-0.39, 0.29) is 18.1 Å². The lowest BCUT2D eigenvalue weighted by atomic mass is 10.1. The van der Waals surface area contributed by atoms with E-state index in [0.29, 0.717) is 28.8 Å². The van der Waals surface area contributed by atoms with E-state index in [1.54, 1.807) is 19.2 Å². The minimum absolute atomic E-state index is 0.184. The molecule has 2 N–H and O–H groups in total. The zero-order chi connectivity index (χ0) is 22.8. The molecule has 0 unspecified atom stereocenters. The van der Waals surface area contributed by atoms with Crippen molar-refractivity contribution in [1.82, 2.24) is 20.2 Å². The summed E-state index contributed by atoms with van der Waals surface area (Å²) in [7, 11) is 6.90. The van der Waals surface area contributed by atoms with Gasteiger partial charge in [-0.25, -0.2) is 9.97 Å². The highest BCUT2D eigenvalue weighted by Crippen LogP contribution is 2.33. The fraction of sp³-hybridized carbons (Fsp3) is 0.292. The summed E-state index contributed by atoms with van der Waals surface area (Å²) in [5, 5.41) is 14.4. The summed E-state index contributed by atoms with van der Waals surface area (Å²) in [6.07, 6.45) is 0. The van der Waals surface area contributed by atoms with Gasteiger partial charge in [0.2, 0.25) is 0 Å². The smallest absolute Gasteiger partial charge is 0.257 e. The molecule has 1 atom stereocenters. The van der Waals surface area contributed by atoms with Crippen LogP contribution < -0.4 is 14.8 Å². The number of nitrogens with zero attached hydrogens (tertiary/aromatic N) is 3. The largest absolute Gasteiger partial charge is 0.496 e. The van der Waals surface area contributed by atoms with Crippen LogP contribution in [0.1, 0.15) is 10.4 Å². The molecule has 8 nitrogen and oxygen atoms in total. The Balaban J connectivity index is 1.93. The second-order valence-corrected chi connectivity index (χ2v) is 7.84. The number of rotatable bonds is 7. The summed E-state index contributed by atoms with van der Waals surface area (Å²) in [5.74, 6) is 0.757. The lowest BCUT2D eigenvalue weighted by Gasteiger charge is -2.21. The number of aliphatic hydroxyl groups excluding tert-OH is 1. The number of hydrogen-bond acceptors (Lipinski definition) is 7. The van der Waals surface area contributed by atoms with E-state index in [1.807, 2.05) is 49.3 Å². The molecule has 0 aliphatic carbocycles. The van der Waals surface area contributed by atoms with Gasteiger partial charge in [0.25, 0.3) is 5.91 Å². The van der Waals surface area contributed by atoms with Gasteiger partial charge in [0.15, 0.2) is 0 Å². The molecule has 0 aliphatic rings. The van der Waals surface area contributed by atoms with Crippen molar-refractivity contribution in [3.8, 4) is 11.5 Å². The highest BCUT2D eigenvalue weighted by molar-refractivity contribution is 6.12. The third-order valence-corrected chi connectivity index (χ3v) is 5.36. The normalized spacial score (nSPS) is 12.4. The number of ether oxygens (including phenoxy) is 2. The van der Waals surface area contributed by atoms with E-state index in [1.165, 1.54) is 7.11 Å². The number of carbonyl (C=O) groups is 1. The quantitative estimate of drug-likeness (QED) is 0.341. The van der Waals surface area contributed by atoms with Crippen LogP contribution in [-0.4, -0.2) is 73.4 Å². The van der Waals surface area contributed by atoms with Gasteiger partial charge >= 0.3 is 0 Å². The first kappa shape index (κ1) is 21.7. The first-order valence-corrected chi connectivity index (χ1v) is 10.3. The van der Waals surface area contributed by atoms with Gasteiger partial charge < -0.3 is 24.8 Å². The zero-order valence-corrected chi connectivity index (χ0v) is 18.5. The van der Waals surface area contributed by atoms with Gasteiger partial charge in [-0.3, -0.25) is 4.79 Å². The molecule has 4 rings (SSSR count). The van der Waals surface area contributed by atoms with Crippen molar-refractivity contribution < 1.29 is 19.4 Å². The van der Waals surface area contributed by atoms with Crippen molar-refractivity contribution in [2.24, 2.45) is 0 Å². The first-order chi connectivity index (χ1) is 15.5. The maximum Gasteiger partial charge on any atom is 0.257 e. The van der Waals surface area contributed by atoms with Crippen LogP contribution in [0.3, 0.4) is 0 Å². The summed E-state index contributed by atoms with van der Waals surface area (Å²) in [6.45, 7) is 0.310. The summed E-state index contributed by atoms with van der Waals surface area (Å²) in [4.78, 5) is 24.8. The average molecular weight is 434 g/mol. The van der Waals surface area contributed by atoms with Gasteiger partial charge in [0.1, 0.15) is 22.6 Å². The topological polar surface area (TPSA) is 96.8 Å². The molecule has 8 heteroatoms. The molecule has 0 fully saturated rings. The number of carbonyl (C=O) groups excluding carboxylic acids is 1. The number of amides is 1. The molecule has 32 heavy (non-hydrogen) atoms. The minimum atomic E-state index is -0.434. The molecular weight excluding hydrogens is 408 g/mol. The summed E-state index contributed by atoms with van der Waals surface area (Å²) in [6, 6.07) is 12.7. The van der Waals surface area contributed by atoms with E-state index >= 15 is 0 Å². The third-order valence-electron chi connectivity index (χ3n) is 5.36. The van der Waals surface area contributed by atoms with Crippen LogP contribution in [0.5, 0.6) is 11.5 Å². The molecule has 0 saturated carbocycles. The standard InChI is InChI=1S/C24H26N4O4/c1-28(2)12-14(13-29)25-24(30)21-20(32-4)11-10-18-23(21)27-22-16-6-5-7-19(31-3)15(16)8-9-17(22)26-18/h5-11,14,29H,12-13H2,1-4H3,(H,25,30)/t14-/m1/s1. The number of likely N-dealkylation sites (N-methyl/N-ethyl adjacent to an activating group) is 1. The monoisotopic (exact) mass is 434 g/mol. The van der Waals surface area contributed by atoms with E-state index in [9.17, 15) is 9.90 Å². The number of aromatic nitrogens is 2. The van der Waals surface area contributed by atoms with E-state index in [0.717, 1.165) is 22.0 Å². The Bertz CT molecular complexity index is 1310. The highest BCUT2D eigenvalue weighted by Gasteiger charge is 2.22. The van der Waals surface area contributed by atoms with Gasteiger partial charge in [-0.15, -0.1) is 0 Å². The highest BCUT2D eigenvalue weighted by atomic mass is 16.5. The van der Waals surface area contributed by atoms with Crippen molar-refractivity contribution in [2.75, 3.05) is 41.5 Å². The van der Waals surface area contributed by atoms with Crippen LogP contribution in [0, 0.1) is 0 Å². The van der Waals surface area contributed by atoms with Crippen LogP contribution in [0.2, 0.25) is 0 Å². The van der Waals surface area contributed by atoms with Crippen LogP contribution in [-0.2, 0) is 0 Å². The lowest BCUT2D eigenvalue weighted by Crippen LogP contribution is -2.44. The number of benzene rings is 3. The SMILES string of the molecule is COc1ccc2nc3ccc4c(OC)cccc4c3nc2c1C(=O)N[C@@H](CO)CN(C)C. The molecule has 0 spiro atoms. The molecule has 3 aromatic carbocycles. The third kappa shape index (κ3) is 3.90. The Labute approximate surface area is 185 Å². The van der Waals surface area contributed by atoms with Gasteiger partial charge in [0, 0.05) is 17.3 Å². The van der Waals surface area contributed by atoms with Crippen LogP contribution >= 0.6 is 0 Å². The molecule has 0 bridgehead atoms. The van der Waals surface area contributed by atoms with Crippen molar-refractivity contribution in [3.05, 3.63) is 48.0 Å². The van der Waals surface area contributed by atoms with Crippen LogP contribution in [0.15, 0.2) is 42.5 Å². The van der Waals surface area contributed by atoms with Crippen molar-refractivity contribution >= 4 is 38.7 Å². The van der Waals surface area contributed by atoms with Gasteiger partial charge in [0.05, 0.1) is 43.4 Å². The second kappa shape index (κ2) is 8.94. The predicted octanol–water partition coefficient (Wildman–Crippen LogP) is 2.61. The summed E-state index contributed by atoms with van der Waals surface area (Å²) in [5.41, 5.74) is 2.69. The predicted molar refractivity (Wildman–Crippen MR) is 125 cm³/mol. The van der Waals surface area contributed by atoms with Crippen molar-refractivity contribution in [2.45, 2.75) is 6.04 Å². The fourth-order valence-corrected chi connectivity index (χ4v) is 3.93. The zero-order valence-electron chi connectivity index (χ0n) is 18.5. The number of methoxy groups -OCH3 is 2. The van der Waals surface area contributed by atoms with Crippen molar-refractivity contribution in [1.29, 1.82) is 0 Å². The van der Waals surface area contributed by atoms with Gasteiger partial charge in [-0.2, -0.15) is 0 Å². The summed E-state index contributed by atoms with van der Waals surface area (Å²) >= 11 is 0. The first-order valence-electron chi connectivity index (χ1n) is 10.3. The molecule has 4 aromatic rings. The Morgan fingerprint density at radius 1 is 0.969 bits per heavy atom. The molecule has 1 aromatic heterocycles. The molecule has 0 radical (unpaired) electrons. The number of fused-ring (bicyclic) bond motifs is 4. The number of nitrogens with one attached hydrogen (secondary N) is 1. The van der Waals surface area contributed by atoms with Crippen LogP contribution in [0.4, 0.5) is 0 Å². The van der Waals surface area contributed by atoms with Gasteiger partial charge in [-0.1, -0.05) is 12.1 Å². The Hall–Kier alpha value is -3.49. The fourth-order valence-electron chi connectivity index (χ4n) is 3.93. The van der Waals surface area contributed by atoms with E-state index < -0.39 is 6.04 Å². The molecule has 0 aliphatic heterocycles. The Morgan fingerprint density at radius 2 is 1.69 bits per heavy atom. The second-order valence-electron chi connectivity index (χ2n) is 7.84. The minimum Gasteiger partial charge on any atom is -0.496 e. The number of hydrogen-bond donors (Lipinski definition) is 2. The Morgan fingerprint density at radius 3 is 2.38 bits per heavy atom. The van der Waals surface area contributed by atoms with Gasteiger partial charge in [-0.05, 0) is 44.4 Å². The maximum atomic E-state index is 13.3. The Kier molecular flexibility index (Phi) is 6.07. The van der Waals surface area contributed by atoms with E-state index in [2.05, 4.69) is 5.32 Å². The maximum absolute atomic E-state index is 13.3. The molecule has 1 heterocycles. The molecular formula is C24H26N4O4. The average Bonchev–Trinajstić information content (AvgIpc) is 2.80. The number of aliphatic hydroxyl groups is 1. The molecule has 1 amide bonds. The van der Waals surface area contributed by atoms with Crippen LogP contribution in [0.25, 0.3) is 32.8 Å². The van der Waals surface area contributed by atoms with Crippen molar-refractivity contribution in [3.63, 3.8) is 0 Å². The van der Waals surface area contributed by atoms with E-state index in [4.69, 9.17) is 19.4 Å². The molecule has 0 saturated heterocycles. The lowest BCUT2D eigenvalue weighted by molar-refractivity contribution is 0.0903.